The molecule has 0 aliphatic rings. The van der Waals surface area contributed by atoms with Gasteiger partial charge in [-0.2, -0.15) is 0 Å². The summed E-state index contributed by atoms with van der Waals surface area (Å²) in [7, 11) is 3.47. The van der Waals surface area contributed by atoms with E-state index in [0.29, 0.717) is 12.3 Å². The number of nitrogens with one attached hydrogen (secondary N) is 1. The Labute approximate surface area is 84.7 Å². The molecule has 3 heteroatoms. The topological polar surface area (TPSA) is 41.5 Å². The highest BCUT2D eigenvalue weighted by atomic mass is 16.5. The van der Waals surface area contributed by atoms with Crippen LogP contribution in [0.1, 0.15) is 16.7 Å². The van der Waals surface area contributed by atoms with Gasteiger partial charge in [0.2, 0.25) is 0 Å². The molecule has 0 aliphatic carbocycles. The number of methoxy groups -OCH3 is 1. The van der Waals surface area contributed by atoms with Crippen LogP contribution in [0.4, 0.5) is 0 Å². The molecule has 0 aromatic heterocycles. The second-order valence-corrected chi connectivity index (χ2v) is 3.39. The second-order valence-electron chi connectivity index (χ2n) is 3.39. The van der Waals surface area contributed by atoms with E-state index in [1.807, 2.05) is 27.0 Å². The van der Waals surface area contributed by atoms with Gasteiger partial charge in [0.15, 0.2) is 0 Å². The van der Waals surface area contributed by atoms with Gasteiger partial charge in [0.25, 0.3) is 0 Å². The molecule has 0 saturated carbocycles. The molecule has 0 amide bonds. The molecule has 0 aliphatic heterocycles. The van der Waals surface area contributed by atoms with Crippen LogP contribution in [0, 0.1) is 13.8 Å². The Hall–Kier alpha value is -1.22. The van der Waals surface area contributed by atoms with Gasteiger partial charge in [-0.05, 0) is 32.5 Å². The number of aryl methyl sites for hydroxylation is 1. The van der Waals surface area contributed by atoms with E-state index in [1.54, 1.807) is 7.11 Å². The van der Waals surface area contributed by atoms with Crippen LogP contribution in [0.25, 0.3) is 0 Å². The summed E-state index contributed by atoms with van der Waals surface area (Å²) in [6.45, 7) is 4.50. The molecule has 3 nitrogen and oxygen atoms in total. The fraction of sp³-hybridized carbons (Fsp3) is 0.455. The Kier molecular flexibility index (Phi) is 3.36. The minimum atomic E-state index is 0.321. The Morgan fingerprint density at radius 1 is 1.43 bits per heavy atom. The van der Waals surface area contributed by atoms with Gasteiger partial charge in [-0.1, -0.05) is 0 Å². The third-order valence-electron chi connectivity index (χ3n) is 2.32. The molecule has 0 radical (unpaired) electrons. The molecular formula is C11H17NO2. The highest BCUT2D eigenvalue weighted by molar-refractivity contribution is 5.52. The van der Waals surface area contributed by atoms with Crippen molar-refractivity contribution in [2.75, 3.05) is 14.2 Å². The highest BCUT2D eigenvalue weighted by Gasteiger charge is 2.11. The van der Waals surface area contributed by atoms with Crippen LogP contribution in [-0.2, 0) is 6.54 Å². The van der Waals surface area contributed by atoms with Gasteiger partial charge >= 0.3 is 0 Å². The normalized spacial score (nSPS) is 10.3. The van der Waals surface area contributed by atoms with E-state index in [1.165, 1.54) is 0 Å². The third kappa shape index (κ3) is 1.82. The van der Waals surface area contributed by atoms with E-state index in [0.717, 1.165) is 22.4 Å². The number of ether oxygens (including phenoxy) is 1. The van der Waals surface area contributed by atoms with Crippen molar-refractivity contribution >= 4 is 0 Å². The monoisotopic (exact) mass is 195 g/mol. The van der Waals surface area contributed by atoms with Crippen molar-refractivity contribution < 1.29 is 9.84 Å². The molecule has 2 N–H and O–H groups in total. The average Bonchev–Trinajstić information content (AvgIpc) is 2.15. The Balaban J connectivity index is 3.25. The number of rotatable bonds is 3. The number of benzene rings is 1. The minimum Gasteiger partial charge on any atom is -0.507 e. The van der Waals surface area contributed by atoms with Crippen molar-refractivity contribution in [1.29, 1.82) is 0 Å². The quantitative estimate of drug-likeness (QED) is 0.772. The fourth-order valence-electron chi connectivity index (χ4n) is 1.68. The summed E-state index contributed by atoms with van der Waals surface area (Å²) in [6.07, 6.45) is 0. The lowest BCUT2D eigenvalue weighted by Crippen LogP contribution is -2.06. The molecule has 0 atom stereocenters. The SMILES string of the molecule is CNCc1cc(C)c(OC)c(C)c1O. The van der Waals surface area contributed by atoms with Crippen LogP contribution < -0.4 is 10.1 Å². The largest absolute Gasteiger partial charge is 0.507 e. The maximum Gasteiger partial charge on any atom is 0.128 e. The molecule has 0 heterocycles. The van der Waals surface area contributed by atoms with Crippen molar-refractivity contribution in [2.24, 2.45) is 0 Å². The number of phenolic OH excluding ortho intramolecular Hbond substituents is 1. The molecule has 0 saturated heterocycles. The smallest absolute Gasteiger partial charge is 0.128 e. The highest BCUT2D eigenvalue weighted by Crippen LogP contribution is 2.33. The van der Waals surface area contributed by atoms with Gasteiger partial charge in [0.1, 0.15) is 11.5 Å². The Morgan fingerprint density at radius 3 is 2.57 bits per heavy atom. The Morgan fingerprint density at radius 2 is 2.07 bits per heavy atom. The standard InChI is InChI=1S/C11H17NO2/c1-7-5-9(6-12-3)10(13)8(2)11(7)14-4/h5,12-13H,6H2,1-4H3. The van der Waals surface area contributed by atoms with Crippen LogP contribution in [0.3, 0.4) is 0 Å². The van der Waals surface area contributed by atoms with Crippen LogP contribution in [0.15, 0.2) is 6.07 Å². The van der Waals surface area contributed by atoms with E-state index in [-0.39, 0.29) is 0 Å². The molecule has 1 aromatic carbocycles. The van der Waals surface area contributed by atoms with Gasteiger partial charge in [-0.25, -0.2) is 0 Å². The molecule has 1 aromatic rings. The van der Waals surface area contributed by atoms with Crippen molar-refractivity contribution in [3.8, 4) is 11.5 Å². The van der Waals surface area contributed by atoms with E-state index in [2.05, 4.69) is 5.32 Å². The van der Waals surface area contributed by atoms with Gasteiger partial charge in [0, 0.05) is 17.7 Å². The summed E-state index contributed by atoms with van der Waals surface area (Å²) in [5.41, 5.74) is 2.76. The summed E-state index contributed by atoms with van der Waals surface area (Å²) in [5.74, 6) is 1.09. The average molecular weight is 195 g/mol. The van der Waals surface area contributed by atoms with Gasteiger partial charge in [0.05, 0.1) is 7.11 Å². The second kappa shape index (κ2) is 4.33. The molecule has 0 fully saturated rings. The maximum atomic E-state index is 9.85. The first-order valence-corrected chi connectivity index (χ1v) is 4.62. The fourth-order valence-corrected chi connectivity index (χ4v) is 1.68. The zero-order valence-electron chi connectivity index (χ0n) is 9.14. The lowest BCUT2D eigenvalue weighted by atomic mass is 10.0. The first-order chi connectivity index (χ1) is 6.61. The first kappa shape index (κ1) is 10.9. The van der Waals surface area contributed by atoms with E-state index < -0.39 is 0 Å². The van der Waals surface area contributed by atoms with Crippen LogP contribution >= 0.6 is 0 Å². The van der Waals surface area contributed by atoms with Crippen LogP contribution in [0.5, 0.6) is 11.5 Å². The Bertz CT molecular complexity index is 335. The predicted molar refractivity (Wildman–Crippen MR) is 56.9 cm³/mol. The summed E-state index contributed by atoms with van der Waals surface area (Å²) in [5, 5.41) is 12.9. The molecule has 78 valence electrons. The molecule has 0 bridgehead atoms. The molecule has 14 heavy (non-hydrogen) atoms. The first-order valence-electron chi connectivity index (χ1n) is 4.62. The van der Waals surface area contributed by atoms with Gasteiger partial charge in [-0.15, -0.1) is 0 Å². The number of hydrogen-bond donors (Lipinski definition) is 2. The zero-order valence-corrected chi connectivity index (χ0v) is 9.14. The summed E-state index contributed by atoms with van der Waals surface area (Å²) < 4.78 is 5.21. The summed E-state index contributed by atoms with van der Waals surface area (Å²) >= 11 is 0. The van der Waals surface area contributed by atoms with E-state index in [9.17, 15) is 5.11 Å². The molecule has 0 unspecified atom stereocenters. The lowest BCUT2D eigenvalue weighted by molar-refractivity contribution is 0.398. The third-order valence-corrected chi connectivity index (χ3v) is 2.32. The molecule has 0 spiro atoms. The zero-order chi connectivity index (χ0) is 10.7. The van der Waals surface area contributed by atoms with Crippen LogP contribution in [0.2, 0.25) is 0 Å². The van der Waals surface area contributed by atoms with Crippen molar-refractivity contribution in [3.63, 3.8) is 0 Å². The number of phenols is 1. The predicted octanol–water partition coefficient (Wildman–Crippen LogP) is 1.74. The van der Waals surface area contributed by atoms with Crippen LogP contribution in [-0.4, -0.2) is 19.3 Å². The van der Waals surface area contributed by atoms with Gasteiger partial charge in [-0.3, -0.25) is 0 Å². The van der Waals surface area contributed by atoms with Crippen molar-refractivity contribution in [2.45, 2.75) is 20.4 Å². The van der Waals surface area contributed by atoms with Crippen molar-refractivity contribution in [3.05, 3.63) is 22.8 Å². The van der Waals surface area contributed by atoms with Crippen molar-refractivity contribution in [1.82, 2.24) is 5.32 Å². The van der Waals surface area contributed by atoms with E-state index in [4.69, 9.17) is 4.74 Å². The molecular weight excluding hydrogens is 178 g/mol. The van der Waals surface area contributed by atoms with E-state index >= 15 is 0 Å². The number of hydrogen-bond acceptors (Lipinski definition) is 3. The summed E-state index contributed by atoms with van der Waals surface area (Å²) in [4.78, 5) is 0. The maximum absolute atomic E-state index is 9.85. The molecule has 1 rings (SSSR count). The number of aromatic hydroxyl groups is 1. The van der Waals surface area contributed by atoms with Gasteiger partial charge < -0.3 is 15.2 Å². The minimum absolute atomic E-state index is 0.321. The summed E-state index contributed by atoms with van der Waals surface area (Å²) in [6, 6.07) is 1.94. The lowest BCUT2D eigenvalue weighted by Gasteiger charge is -2.13.